The van der Waals surface area contributed by atoms with E-state index < -0.39 is 16.0 Å². The Labute approximate surface area is 112 Å². The molecule has 19 heavy (non-hydrogen) atoms. The van der Waals surface area contributed by atoms with Crippen LogP contribution in [0.5, 0.6) is 0 Å². The van der Waals surface area contributed by atoms with Crippen LogP contribution in [0.4, 0.5) is 0 Å². The van der Waals surface area contributed by atoms with Crippen molar-refractivity contribution in [1.29, 1.82) is 0 Å². The lowest BCUT2D eigenvalue weighted by Crippen LogP contribution is -2.29. The molecule has 0 aliphatic heterocycles. The molecule has 0 spiro atoms. The standard InChI is InChI=1S/C11H19N3O4S/c1-8(10-7-12-14(3)9(10)2)13-19(17,18)6-4-5-11(15)16/h7-8,13H,4-6H2,1-3H3,(H,15,16). The molecule has 0 aromatic carbocycles. The Morgan fingerprint density at radius 2 is 2.21 bits per heavy atom. The van der Waals surface area contributed by atoms with Crippen LogP contribution in [0.2, 0.25) is 0 Å². The van der Waals surface area contributed by atoms with Crippen molar-refractivity contribution in [3.63, 3.8) is 0 Å². The zero-order valence-electron chi connectivity index (χ0n) is 11.3. The van der Waals surface area contributed by atoms with E-state index in [1.54, 1.807) is 24.9 Å². The molecule has 0 aliphatic rings. The van der Waals surface area contributed by atoms with Gasteiger partial charge in [0.15, 0.2) is 0 Å². The first-order chi connectivity index (χ1) is 8.73. The van der Waals surface area contributed by atoms with E-state index in [9.17, 15) is 13.2 Å². The van der Waals surface area contributed by atoms with Crippen molar-refractivity contribution in [3.8, 4) is 0 Å². The molecular formula is C11H19N3O4S. The number of carboxylic acid groups (broad SMARTS) is 1. The van der Waals surface area contributed by atoms with Crippen molar-refractivity contribution >= 4 is 16.0 Å². The molecule has 0 radical (unpaired) electrons. The lowest BCUT2D eigenvalue weighted by molar-refractivity contribution is -0.137. The quantitative estimate of drug-likeness (QED) is 0.764. The predicted molar refractivity (Wildman–Crippen MR) is 70.2 cm³/mol. The first-order valence-electron chi connectivity index (χ1n) is 5.93. The first kappa shape index (κ1) is 15.6. The van der Waals surface area contributed by atoms with Gasteiger partial charge in [0, 0.05) is 30.8 Å². The molecule has 1 unspecified atom stereocenters. The summed E-state index contributed by atoms with van der Waals surface area (Å²) in [6, 6.07) is -0.386. The fourth-order valence-corrected chi connectivity index (χ4v) is 3.05. The maximum absolute atomic E-state index is 11.8. The van der Waals surface area contributed by atoms with Gasteiger partial charge in [0.2, 0.25) is 10.0 Å². The van der Waals surface area contributed by atoms with Crippen LogP contribution in [0, 0.1) is 6.92 Å². The minimum atomic E-state index is -3.48. The van der Waals surface area contributed by atoms with Crippen molar-refractivity contribution in [1.82, 2.24) is 14.5 Å². The summed E-state index contributed by atoms with van der Waals surface area (Å²) in [7, 11) is -1.70. The maximum Gasteiger partial charge on any atom is 0.303 e. The van der Waals surface area contributed by atoms with Crippen molar-refractivity contribution in [3.05, 3.63) is 17.5 Å². The van der Waals surface area contributed by atoms with E-state index in [0.717, 1.165) is 11.3 Å². The normalized spacial score (nSPS) is 13.4. The number of aryl methyl sites for hydroxylation is 1. The molecule has 0 bridgehead atoms. The summed E-state index contributed by atoms with van der Waals surface area (Å²) in [5.41, 5.74) is 1.70. The molecule has 0 aliphatic carbocycles. The average Bonchev–Trinajstić information content (AvgIpc) is 2.58. The third-order valence-electron chi connectivity index (χ3n) is 2.90. The van der Waals surface area contributed by atoms with E-state index in [4.69, 9.17) is 5.11 Å². The van der Waals surface area contributed by atoms with Gasteiger partial charge in [-0.3, -0.25) is 9.48 Å². The summed E-state index contributed by atoms with van der Waals surface area (Å²) < 4.78 is 27.8. The summed E-state index contributed by atoms with van der Waals surface area (Å²) in [6.07, 6.45) is 1.57. The number of hydrogen-bond donors (Lipinski definition) is 2. The molecule has 0 saturated heterocycles. The molecule has 1 aromatic heterocycles. The maximum atomic E-state index is 11.8. The molecule has 0 amide bonds. The summed E-state index contributed by atoms with van der Waals surface area (Å²) >= 11 is 0. The van der Waals surface area contributed by atoms with Gasteiger partial charge in [-0.15, -0.1) is 0 Å². The molecule has 8 heteroatoms. The average molecular weight is 289 g/mol. The van der Waals surface area contributed by atoms with E-state index in [-0.39, 0.29) is 24.6 Å². The molecule has 1 atom stereocenters. The SMILES string of the molecule is Cc1c(C(C)NS(=O)(=O)CCCC(=O)O)cnn1C. The lowest BCUT2D eigenvalue weighted by Gasteiger charge is -2.13. The number of rotatable bonds is 7. The highest BCUT2D eigenvalue weighted by Gasteiger charge is 2.19. The van der Waals surface area contributed by atoms with E-state index >= 15 is 0 Å². The topological polar surface area (TPSA) is 101 Å². The number of carboxylic acids is 1. The van der Waals surface area contributed by atoms with Gasteiger partial charge in [0.1, 0.15) is 0 Å². The molecule has 1 aromatic rings. The number of hydrogen-bond acceptors (Lipinski definition) is 4. The summed E-state index contributed by atoms with van der Waals surface area (Å²) in [4.78, 5) is 10.3. The number of sulfonamides is 1. The van der Waals surface area contributed by atoms with Crippen LogP contribution in [0.1, 0.15) is 37.1 Å². The highest BCUT2D eigenvalue weighted by atomic mass is 32.2. The summed E-state index contributed by atoms with van der Waals surface area (Å²) in [5.74, 6) is -1.19. The Kier molecular flexibility index (Phi) is 5.07. The molecule has 108 valence electrons. The Morgan fingerprint density at radius 1 is 1.58 bits per heavy atom. The van der Waals surface area contributed by atoms with E-state index in [1.807, 2.05) is 6.92 Å². The first-order valence-corrected chi connectivity index (χ1v) is 7.58. The van der Waals surface area contributed by atoms with Crippen LogP contribution < -0.4 is 4.72 Å². The zero-order valence-corrected chi connectivity index (χ0v) is 12.1. The van der Waals surface area contributed by atoms with Gasteiger partial charge >= 0.3 is 5.97 Å². The van der Waals surface area contributed by atoms with Crippen molar-refractivity contribution in [2.75, 3.05) is 5.75 Å². The van der Waals surface area contributed by atoms with Gasteiger partial charge in [-0.1, -0.05) is 0 Å². The Morgan fingerprint density at radius 3 is 2.68 bits per heavy atom. The lowest BCUT2D eigenvalue weighted by atomic mass is 10.1. The third-order valence-corrected chi connectivity index (χ3v) is 4.44. The number of nitrogens with zero attached hydrogens (tertiary/aromatic N) is 2. The second-order valence-corrected chi connectivity index (χ2v) is 6.34. The molecule has 1 heterocycles. The second kappa shape index (κ2) is 6.16. The predicted octanol–water partition coefficient (Wildman–Crippen LogP) is 0.574. The van der Waals surface area contributed by atoms with Crippen molar-refractivity contribution in [2.45, 2.75) is 32.7 Å². The Balaban J connectivity index is 2.63. The van der Waals surface area contributed by atoms with E-state index in [0.29, 0.717) is 0 Å². The largest absolute Gasteiger partial charge is 0.481 e. The molecule has 7 nitrogen and oxygen atoms in total. The van der Waals surface area contributed by atoms with Gasteiger partial charge in [0.25, 0.3) is 0 Å². The minimum absolute atomic E-state index is 0.101. The molecule has 2 N–H and O–H groups in total. The van der Waals surface area contributed by atoms with Gasteiger partial charge in [-0.05, 0) is 20.3 Å². The van der Waals surface area contributed by atoms with Gasteiger partial charge in [0.05, 0.1) is 11.9 Å². The van der Waals surface area contributed by atoms with Crippen LogP contribution in [0.3, 0.4) is 0 Å². The summed E-state index contributed by atoms with van der Waals surface area (Å²) in [5, 5.41) is 12.5. The fourth-order valence-electron chi connectivity index (χ4n) is 1.75. The van der Waals surface area contributed by atoms with Gasteiger partial charge in [-0.25, -0.2) is 13.1 Å². The molecule has 0 saturated carbocycles. The number of carbonyl (C=O) groups is 1. The molecular weight excluding hydrogens is 270 g/mol. The van der Waals surface area contributed by atoms with Gasteiger partial charge in [-0.2, -0.15) is 5.10 Å². The van der Waals surface area contributed by atoms with E-state index in [1.165, 1.54) is 0 Å². The van der Waals surface area contributed by atoms with Crippen LogP contribution in [-0.2, 0) is 21.9 Å². The summed E-state index contributed by atoms with van der Waals surface area (Å²) in [6.45, 7) is 3.59. The molecule has 0 fully saturated rings. The smallest absolute Gasteiger partial charge is 0.303 e. The fraction of sp³-hybridized carbons (Fsp3) is 0.636. The van der Waals surface area contributed by atoms with Crippen LogP contribution >= 0.6 is 0 Å². The van der Waals surface area contributed by atoms with Crippen molar-refractivity contribution < 1.29 is 18.3 Å². The van der Waals surface area contributed by atoms with Crippen molar-refractivity contribution in [2.24, 2.45) is 7.05 Å². The number of aromatic nitrogens is 2. The zero-order chi connectivity index (χ0) is 14.6. The minimum Gasteiger partial charge on any atom is -0.481 e. The number of nitrogens with one attached hydrogen (secondary N) is 1. The number of aliphatic carboxylic acids is 1. The second-order valence-electron chi connectivity index (χ2n) is 4.46. The van der Waals surface area contributed by atoms with Crippen LogP contribution in [0.15, 0.2) is 6.20 Å². The van der Waals surface area contributed by atoms with Crippen LogP contribution in [-0.4, -0.2) is 35.0 Å². The molecule has 1 rings (SSSR count). The Hall–Kier alpha value is -1.41. The highest BCUT2D eigenvalue weighted by molar-refractivity contribution is 7.89. The highest BCUT2D eigenvalue weighted by Crippen LogP contribution is 2.17. The van der Waals surface area contributed by atoms with Crippen LogP contribution in [0.25, 0.3) is 0 Å². The van der Waals surface area contributed by atoms with E-state index in [2.05, 4.69) is 9.82 Å². The Bertz CT molecular complexity index is 550. The third kappa shape index (κ3) is 4.64. The van der Waals surface area contributed by atoms with Gasteiger partial charge < -0.3 is 5.11 Å². The monoisotopic (exact) mass is 289 g/mol.